The normalized spacial score (nSPS) is 14.5. The Morgan fingerprint density at radius 1 is 1.23 bits per heavy atom. The van der Waals surface area contributed by atoms with Gasteiger partial charge in [-0.3, -0.25) is 9.59 Å². The first-order chi connectivity index (χ1) is 12.2. The first-order valence-corrected chi connectivity index (χ1v) is 10.7. The second kappa shape index (κ2) is 10.7. The molecule has 1 heterocycles. The molecule has 0 spiro atoms. The van der Waals surface area contributed by atoms with E-state index in [9.17, 15) is 19.2 Å². The topological polar surface area (TPSA) is 93.2 Å². The van der Waals surface area contributed by atoms with E-state index in [-0.39, 0.29) is 30.1 Å². The van der Waals surface area contributed by atoms with Crippen LogP contribution in [0.2, 0.25) is 0 Å². The molecule has 3 amide bonds. The third-order valence-corrected chi connectivity index (χ3v) is 6.65. The second-order valence-corrected chi connectivity index (χ2v) is 9.49. The Morgan fingerprint density at radius 2 is 1.85 bits per heavy atom. The van der Waals surface area contributed by atoms with Crippen LogP contribution in [0, 0.1) is 0 Å². The van der Waals surface area contributed by atoms with Crippen molar-refractivity contribution in [3.05, 3.63) is 0 Å². The van der Waals surface area contributed by atoms with E-state index < -0.39 is 17.8 Å². The molecule has 1 saturated heterocycles. The average molecular weight is 407 g/mol. The number of ether oxygens (including phenoxy) is 1. The van der Waals surface area contributed by atoms with Gasteiger partial charge < -0.3 is 14.5 Å². The molecule has 0 aliphatic carbocycles. The molecule has 10 heteroatoms. The Bertz CT molecular complexity index is 525. The van der Waals surface area contributed by atoms with Crippen molar-refractivity contribution < 1.29 is 28.8 Å². The molecule has 1 fully saturated rings. The third kappa shape index (κ3) is 7.86. The van der Waals surface area contributed by atoms with E-state index in [4.69, 9.17) is 9.57 Å². The molecule has 148 valence electrons. The fraction of sp³-hybridized carbons (Fsp3) is 0.750. The minimum absolute atomic E-state index is 0.0912. The molecule has 1 rings (SSSR count). The summed E-state index contributed by atoms with van der Waals surface area (Å²) >= 11 is 0. The number of carbonyl (C=O) groups is 4. The largest absolute Gasteiger partial charge is 0.450 e. The molecule has 8 nitrogen and oxygen atoms in total. The van der Waals surface area contributed by atoms with Crippen molar-refractivity contribution in [2.45, 2.75) is 51.2 Å². The van der Waals surface area contributed by atoms with Crippen LogP contribution in [0.5, 0.6) is 0 Å². The maximum absolute atomic E-state index is 11.7. The Hall–Kier alpha value is -1.42. The van der Waals surface area contributed by atoms with Crippen molar-refractivity contribution in [1.82, 2.24) is 9.96 Å². The van der Waals surface area contributed by atoms with Crippen molar-refractivity contribution in [1.29, 1.82) is 0 Å². The molecule has 0 unspecified atom stereocenters. The van der Waals surface area contributed by atoms with Crippen LogP contribution < -0.4 is 0 Å². The van der Waals surface area contributed by atoms with Crippen LogP contribution in [0.15, 0.2) is 0 Å². The molecule has 0 bridgehead atoms. The summed E-state index contributed by atoms with van der Waals surface area (Å²) in [7, 11) is 4.92. The zero-order valence-corrected chi connectivity index (χ0v) is 17.2. The summed E-state index contributed by atoms with van der Waals surface area (Å²) < 4.78 is 4.78. The van der Waals surface area contributed by atoms with Crippen LogP contribution in [-0.4, -0.2) is 64.5 Å². The zero-order chi connectivity index (χ0) is 19.7. The Labute approximate surface area is 161 Å². The van der Waals surface area contributed by atoms with Crippen LogP contribution in [0.1, 0.15) is 46.5 Å². The minimum Gasteiger partial charge on any atom is -0.450 e. The number of rotatable bonds is 10. The first kappa shape index (κ1) is 22.6. The molecule has 0 atom stereocenters. The van der Waals surface area contributed by atoms with Crippen molar-refractivity contribution in [3.8, 4) is 0 Å². The summed E-state index contributed by atoms with van der Waals surface area (Å²) in [6.07, 6.45) is 0.534. The third-order valence-electron chi connectivity index (χ3n) is 3.29. The van der Waals surface area contributed by atoms with Gasteiger partial charge in [-0.25, -0.2) is 9.59 Å². The SMILES string of the molecule is CCOC(=O)N(C)CC(C)(C)SSCCCC(=O)ON1C(=O)CCC1=O. The molecule has 26 heavy (non-hydrogen) atoms. The van der Waals surface area contributed by atoms with Gasteiger partial charge in [0, 0.05) is 43.4 Å². The Morgan fingerprint density at radius 3 is 2.42 bits per heavy atom. The fourth-order valence-corrected chi connectivity index (χ4v) is 4.81. The van der Waals surface area contributed by atoms with Crippen molar-refractivity contribution in [2.75, 3.05) is 26.0 Å². The fourth-order valence-electron chi connectivity index (χ4n) is 2.18. The molecular formula is C16H26N2O6S2. The standard InChI is InChI=1S/C16H26N2O6S2/c1-5-23-15(22)17(4)11-16(2,3)26-25-10-6-7-14(21)24-18-12(19)8-9-13(18)20/h5-11H2,1-4H3. The van der Waals surface area contributed by atoms with Gasteiger partial charge in [0.05, 0.1) is 6.61 Å². The van der Waals surface area contributed by atoms with Crippen LogP contribution >= 0.6 is 21.6 Å². The van der Waals surface area contributed by atoms with Crippen molar-refractivity contribution in [3.63, 3.8) is 0 Å². The predicted molar refractivity (Wildman–Crippen MR) is 100 cm³/mol. The number of nitrogens with zero attached hydrogens (tertiary/aromatic N) is 2. The van der Waals surface area contributed by atoms with Gasteiger partial charge in [-0.2, -0.15) is 0 Å². The zero-order valence-electron chi connectivity index (χ0n) is 15.6. The minimum atomic E-state index is -0.583. The highest BCUT2D eigenvalue weighted by Crippen LogP contribution is 2.36. The lowest BCUT2D eigenvalue weighted by atomic mass is 10.2. The summed E-state index contributed by atoms with van der Waals surface area (Å²) in [4.78, 5) is 52.4. The molecule has 0 saturated carbocycles. The first-order valence-electron chi connectivity index (χ1n) is 8.41. The number of carbonyl (C=O) groups excluding carboxylic acids is 4. The van der Waals surface area contributed by atoms with Gasteiger partial charge in [0.25, 0.3) is 11.8 Å². The van der Waals surface area contributed by atoms with E-state index in [0.717, 1.165) is 0 Å². The maximum atomic E-state index is 11.7. The molecule has 1 aliphatic rings. The van der Waals surface area contributed by atoms with Crippen LogP contribution in [0.4, 0.5) is 4.79 Å². The molecule has 0 N–H and O–H groups in total. The van der Waals surface area contributed by atoms with E-state index in [0.29, 0.717) is 30.4 Å². The lowest BCUT2D eigenvalue weighted by Gasteiger charge is -2.28. The lowest BCUT2D eigenvalue weighted by Crippen LogP contribution is -2.37. The van der Waals surface area contributed by atoms with E-state index in [1.807, 2.05) is 13.8 Å². The summed E-state index contributed by atoms with van der Waals surface area (Å²) in [6.45, 7) is 6.70. The average Bonchev–Trinajstić information content (AvgIpc) is 2.86. The van der Waals surface area contributed by atoms with Crippen LogP contribution in [0.25, 0.3) is 0 Å². The predicted octanol–water partition coefficient (Wildman–Crippen LogP) is 2.62. The number of hydrogen-bond donors (Lipinski definition) is 0. The Kier molecular flexibility index (Phi) is 9.28. The highest BCUT2D eigenvalue weighted by molar-refractivity contribution is 8.77. The molecular weight excluding hydrogens is 380 g/mol. The summed E-state index contributed by atoms with van der Waals surface area (Å²) in [5.74, 6) is -0.823. The number of hydroxylamine groups is 2. The van der Waals surface area contributed by atoms with Gasteiger partial charge in [0.2, 0.25) is 0 Å². The quantitative estimate of drug-likeness (QED) is 0.310. The van der Waals surface area contributed by atoms with Crippen LogP contribution in [-0.2, 0) is 24.0 Å². The smallest absolute Gasteiger partial charge is 0.409 e. The Balaban J connectivity index is 2.20. The van der Waals surface area contributed by atoms with E-state index >= 15 is 0 Å². The van der Waals surface area contributed by atoms with Gasteiger partial charge in [-0.1, -0.05) is 21.6 Å². The summed E-state index contributed by atoms with van der Waals surface area (Å²) in [5, 5.41) is 0.568. The maximum Gasteiger partial charge on any atom is 0.409 e. The van der Waals surface area contributed by atoms with Gasteiger partial charge in [0.1, 0.15) is 0 Å². The van der Waals surface area contributed by atoms with Crippen molar-refractivity contribution >= 4 is 45.5 Å². The van der Waals surface area contributed by atoms with Gasteiger partial charge in [-0.05, 0) is 27.2 Å². The molecule has 0 aromatic carbocycles. The molecule has 0 aromatic heterocycles. The molecule has 1 aliphatic heterocycles. The van der Waals surface area contributed by atoms with Gasteiger partial charge in [-0.15, -0.1) is 5.06 Å². The number of hydrogen-bond acceptors (Lipinski definition) is 8. The second-order valence-electron chi connectivity index (χ2n) is 6.37. The molecule has 0 aromatic rings. The lowest BCUT2D eigenvalue weighted by molar-refractivity contribution is -0.197. The van der Waals surface area contributed by atoms with E-state index in [2.05, 4.69) is 0 Å². The van der Waals surface area contributed by atoms with E-state index in [1.165, 1.54) is 0 Å². The summed E-state index contributed by atoms with van der Waals surface area (Å²) in [5.41, 5.74) is 0. The summed E-state index contributed by atoms with van der Waals surface area (Å²) in [6, 6.07) is 0. The highest BCUT2D eigenvalue weighted by Gasteiger charge is 2.32. The highest BCUT2D eigenvalue weighted by atomic mass is 33.1. The number of imide groups is 1. The van der Waals surface area contributed by atoms with Gasteiger partial charge >= 0.3 is 12.1 Å². The van der Waals surface area contributed by atoms with Crippen molar-refractivity contribution in [2.24, 2.45) is 0 Å². The number of amides is 3. The van der Waals surface area contributed by atoms with Gasteiger partial charge in [0.15, 0.2) is 0 Å². The molecule has 0 radical (unpaired) electrons. The monoisotopic (exact) mass is 406 g/mol. The van der Waals surface area contributed by atoms with E-state index in [1.54, 1.807) is 40.5 Å². The van der Waals surface area contributed by atoms with Crippen LogP contribution in [0.3, 0.4) is 0 Å².